The zero-order valence-electron chi connectivity index (χ0n) is 11.8. The van der Waals surface area contributed by atoms with Gasteiger partial charge in [-0.05, 0) is 0 Å². The van der Waals surface area contributed by atoms with Crippen LogP contribution in [0.1, 0.15) is 31.6 Å². The molecule has 0 radical (unpaired) electrons. The Kier molecular flexibility index (Phi) is 5.76. The number of rotatable bonds is 1. The topological polar surface area (TPSA) is 49.7 Å². The second-order valence-electron chi connectivity index (χ2n) is 5.54. The van der Waals surface area contributed by atoms with E-state index in [1.807, 2.05) is 20.8 Å². The van der Waals surface area contributed by atoms with E-state index in [2.05, 4.69) is 0 Å². The maximum absolute atomic E-state index is 10.1. The summed E-state index contributed by atoms with van der Waals surface area (Å²) in [5.41, 5.74) is 0.405. The van der Waals surface area contributed by atoms with Crippen LogP contribution in [0, 0.1) is 0 Å². The Bertz CT molecular complexity index is 631. The van der Waals surface area contributed by atoms with Gasteiger partial charge in [0.2, 0.25) is 6.29 Å². The van der Waals surface area contributed by atoms with E-state index < -0.39 is 11.5 Å². The zero-order chi connectivity index (χ0) is 16.8. The summed E-state index contributed by atoms with van der Waals surface area (Å²) in [6, 6.07) is 0. The molecule has 2 unspecified atom stereocenters. The molecule has 2 rings (SSSR count). The SMILES string of the molecule is CC(C)(C)SC(=S)SC1c2c(Cl)c(O)c(Cl)c(Cl)c2OC1O. The number of phenols is 1. The normalized spacial score (nSPS) is 20.7. The molecule has 1 aromatic carbocycles. The number of benzene rings is 1. The van der Waals surface area contributed by atoms with Crippen LogP contribution in [0.25, 0.3) is 0 Å². The Hall–Kier alpha value is 0.440. The number of thiocarbonyl (C=S) groups is 1. The molecule has 1 aliphatic heterocycles. The summed E-state index contributed by atoms with van der Waals surface area (Å²) >= 11 is 26.2. The summed E-state index contributed by atoms with van der Waals surface area (Å²) in [6.07, 6.45) is -1.17. The highest BCUT2D eigenvalue weighted by molar-refractivity contribution is 8.47. The molecule has 0 saturated heterocycles. The Morgan fingerprint density at radius 1 is 1.18 bits per heavy atom. The number of aliphatic hydroxyl groups excluding tert-OH is 1. The highest BCUT2D eigenvalue weighted by Crippen LogP contribution is 2.57. The van der Waals surface area contributed by atoms with E-state index >= 15 is 0 Å². The zero-order valence-corrected chi connectivity index (χ0v) is 16.5. The van der Waals surface area contributed by atoms with Gasteiger partial charge in [-0.2, -0.15) is 0 Å². The van der Waals surface area contributed by atoms with Crippen molar-refractivity contribution in [1.82, 2.24) is 0 Å². The average Bonchev–Trinajstić information content (AvgIpc) is 2.69. The predicted octanol–water partition coefficient (Wildman–Crippen LogP) is 5.65. The maximum atomic E-state index is 10.1. The number of ether oxygens (including phenoxy) is 1. The van der Waals surface area contributed by atoms with E-state index in [9.17, 15) is 10.2 Å². The van der Waals surface area contributed by atoms with Crippen LogP contribution >= 0.6 is 70.5 Å². The molecule has 22 heavy (non-hydrogen) atoms. The molecule has 1 heterocycles. The number of thioether (sulfide) groups is 2. The molecule has 0 aromatic heterocycles. The average molecular weight is 420 g/mol. The van der Waals surface area contributed by atoms with Gasteiger partial charge in [0.25, 0.3) is 0 Å². The lowest BCUT2D eigenvalue weighted by Gasteiger charge is -2.20. The lowest BCUT2D eigenvalue weighted by Crippen LogP contribution is -2.17. The van der Waals surface area contributed by atoms with Crippen LogP contribution in [0.2, 0.25) is 15.1 Å². The van der Waals surface area contributed by atoms with Gasteiger partial charge in [0.1, 0.15) is 24.6 Å². The van der Waals surface area contributed by atoms with Crippen molar-refractivity contribution in [2.45, 2.75) is 37.1 Å². The smallest absolute Gasteiger partial charge is 0.214 e. The second-order valence-corrected chi connectivity index (χ2v) is 10.9. The maximum Gasteiger partial charge on any atom is 0.214 e. The van der Waals surface area contributed by atoms with E-state index in [1.165, 1.54) is 23.5 Å². The molecule has 0 fully saturated rings. The first-order valence-corrected chi connectivity index (χ1v) is 9.40. The fourth-order valence-corrected chi connectivity index (χ4v) is 6.20. The monoisotopic (exact) mass is 418 g/mol. The van der Waals surface area contributed by atoms with Gasteiger partial charge in [0.05, 0.1) is 5.02 Å². The van der Waals surface area contributed by atoms with Crippen LogP contribution < -0.4 is 4.74 Å². The standard InChI is InChI=1S/C13H13Cl3O3S3/c1-13(2,3)22-12(20)21-10-4-5(14)8(17)6(15)7(16)9(4)19-11(10)18/h10-11,17-18H,1-3H3. The Morgan fingerprint density at radius 3 is 2.32 bits per heavy atom. The van der Waals surface area contributed by atoms with E-state index in [0.717, 1.165) is 0 Å². The summed E-state index contributed by atoms with van der Waals surface area (Å²) in [4.78, 5) is 0. The van der Waals surface area contributed by atoms with E-state index in [4.69, 9.17) is 51.8 Å². The summed E-state index contributed by atoms with van der Waals surface area (Å²) in [7, 11) is 0. The van der Waals surface area contributed by atoms with Crippen molar-refractivity contribution < 1.29 is 14.9 Å². The number of hydrogen-bond acceptors (Lipinski definition) is 6. The Morgan fingerprint density at radius 2 is 1.77 bits per heavy atom. The highest BCUT2D eigenvalue weighted by atomic mass is 35.5. The second kappa shape index (κ2) is 6.75. The van der Waals surface area contributed by atoms with Crippen molar-refractivity contribution in [2.24, 2.45) is 0 Å². The van der Waals surface area contributed by atoms with Gasteiger partial charge in [0.15, 0.2) is 5.75 Å². The van der Waals surface area contributed by atoms with Gasteiger partial charge in [-0.25, -0.2) is 0 Å². The third-order valence-corrected chi connectivity index (χ3v) is 6.66. The molecular weight excluding hydrogens is 407 g/mol. The van der Waals surface area contributed by atoms with Crippen LogP contribution in [0.15, 0.2) is 0 Å². The predicted molar refractivity (Wildman–Crippen MR) is 100 cm³/mol. The van der Waals surface area contributed by atoms with Crippen LogP contribution in [-0.4, -0.2) is 24.8 Å². The first kappa shape index (κ1) is 18.8. The minimum atomic E-state index is -1.17. The Labute approximate surface area is 157 Å². The minimum Gasteiger partial charge on any atom is -0.505 e. The van der Waals surface area contributed by atoms with Gasteiger partial charge >= 0.3 is 0 Å². The molecule has 2 N–H and O–H groups in total. The molecule has 0 amide bonds. The quantitative estimate of drug-likeness (QED) is 0.453. The molecule has 1 aliphatic rings. The molecule has 2 atom stereocenters. The number of phenolic OH excluding ortho intramolecular Hbond substituents is 1. The number of aliphatic hydroxyl groups is 1. The summed E-state index contributed by atoms with van der Waals surface area (Å²) in [5, 5.41) is 19.4. The van der Waals surface area contributed by atoms with Gasteiger partial charge in [0, 0.05) is 10.3 Å². The van der Waals surface area contributed by atoms with Crippen molar-refractivity contribution in [3.8, 4) is 11.5 Å². The fourth-order valence-electron chi connectivity index (χ4n) is 1.83. The van der Waals surface area contributed by atoms with Gasteiger partial charge < -0.3 is 14.9 Å². The molecule has 9 heteroatoms. The lowest BCUT2D eigenvalue weighted by atomic mass is 10.1. The van der Waals surface area contributed by atoms with Crippen molar-refractivity contribution >= 4 is 74.1 Å². The Balaban J connectivity index is 2.37. The molecule has 3 nitrogen and oxygen atoms in total. The van der Waals surface area contributed by atoms with Crippen LogP contribution in [0.4, 0.5) is 0 Å². The number of aromatic hydroxyl groups is 1. The number of hydrogen-bond donors (Lipinski definition) is 2. The van der Waals surface area contributed by atoms with Crippen molar-refractivity contribution in [2.75, 3.05) is 0 Å². The molecular formula is C13H13Cl3O3S3. The van der Waals surface area contributed by atoms with Crippen LogP contribution in [0.3, 0.4) is 0 Å². The summed E-state index contributed by atoms with van der Waals surface area (Å²) in [5.74, 6) is -0.146. The van der Waals surface area contributed by atoms with E-state index in [0.29, 0.717) is 9.09 Å². The molecule has 1 aromatic rings. The molecule has 0 spiro atoms. The first-order valence-electron chi connectivity index (χ1n) is 6.16. The van der Waals surface area contributed by atoms with Crippen LogP contribution in [0.5, 0.6) is 11.5 Å². The minimum absolute atomic E-state index is 0.0157. The summed E-state index contributed by atoms with van der Waals surface area (Å²) in [6.45, 7) is 6.11. The largest absolute Gasteiger partial charge is 0.505 e. The van der Waals surface area contributed by atoms with E-state index in [-0.39, 0.29) is 31.3 Å². The molecule has 0 aliphatic carbocycles. The fraction of sp³-hybridized carbons (Fsp3) is 0.462. The molecule has 0 saturated carbocycles. The molecule has 0 bridgehead atoms. The third kappa shape index (κ3) is 3.74. The van der Waals surface area contributed by atoms with E-state index in [1.54, 1.807) is 0 Å². The van der Waals surface area contributed by atoms with Crippen LogP contribution in [-0.2, 0) is 0 Å². The summed E-state index contributed by atoms with van der Waals surface area (Å²) < 4.78 is 5.93. The van der Waals surface area contributed by atoms with Crippen molar-refractivity contribution in [3.63, 3.8) is 0 Å². The number of fused-ring (bicyclic) bond motifs is 1. The third-order valence-electron chi connectivity index (χ3n) is 2.68. The highest BCUT2D eigenvalue weighted by Gasteiger charge is 2.41. The van der Waals surface area contributed by atoms with Gasteiger partial charge in [-0.15, -0.1) is 11.8 Å². The van der Waals surface area contributed by atoms with Crippen molar-refractivity contribution in [1.29, 1.82) is 0 Å². The van der Waals surface area contributed by atoms with Crippen molar-refractivity contribution in [3.05, 3.63) is 20.6 Å². The van der Waals surface area contributed by atoms with Gasteiger partial charge in [-0.1, -0.05) is 79.6 Å². The number of halogens is 3. The molecule has 122 valence electrons. The van der Waals surface area contributed by atoms with Gasteiger partial charge in [-0.3, -0.25) is 0 Å². The first-order chi connectivity index (χ1) is 10.0. The lowest BCUT2D eigenvalue weighted by molar-refractivity contribution is 0.000241.